The van der Waals surface area contributed by atoms with Crippen molar-refractivity contribution in [3.63, 3.8) is 0 Å². The van der Waals surface area contributed by atoms with Gasteiger partial charge in [0.05, 0.1) is 11.0 Å². The Morgan fingerprint density at radius 1 is 1.32 bits per heavy atom. The predicted molar refractivity (Wildman–Crippen MR) is 67.6 cm³/mol. The van der Waals surface area contributed by atoms with E-state index in [1.807, 2.05) is 0 Å². The van der Waals surface area contributed by atoms with Crippen molar-refractivity contribution in [3.8, 4) is 0 Å². The van der Waals surface area contributed by atoms with Gasteiger partial charge in [0.2, 0.25) is 5.91 Å². The first-order chi connectivity index (χ1) is 8.97. The Labute approximate surface area is 107 Å². The van der Waals surface area contributed by atoms with E-state index in [0.29, 0.717) is 11.0 Å². The second kappa shape index (κ2) is 4.97. The highest BCUT2D eigenvalue weighted by molar-refractivity contribution is 5.96. The lowest BCUT2D eigenvalue weighted by atomic mass is 10.1. The number of carboxylic acids is 1. The van der Waals surface area contributed by atoms with Gasteiger partial charge in [-0.05, 0) is 24.6 Å². The number of aromatic amines is 2. The number of aliphatic carboxylic acids is 1. The smallest absolute Gasteiger partial charge is 0.323 e. The van der Waals surface area contributed by atoms with Crippen LogP contribution in [0.15, 0.2) is 23.0 Å². The highest BCUT2D eigenvalue weighted by atomic mass is 16.4. The summed E-state index contributed by atoms with van der Waals surface area (Å²) >= 11 is 0. The van der Waals surface area contributed by atoms with Crippen molar-refractivity contribution in [2.45, 2.75) is 13.5 Å². The molecule has 0 aliphatic carbocycles. The summed E-state index contributed by atoms with van der Waals surface area (Å²) in [5.74, 6) is -2.80. The van der Waals surface area contributed by atoms with Gasteiger partial charge in [0, 0.05) is 6.54 Å². The third-order valence-electron chi connectivity index (χ3n) is 2.81. The molecule has 19 heavy (non-hydrogen) atoms. The Kier molecular flexibility index (Phi) is 3.37. The average Bonchev–Trinajstić information content (AvgIpc) is 2.74. The summed E-state index contributed by atoms with van der Waals surface area (Å²) in [5.41, 5.74) is 1.80. The van der Waals surface area contributed by atoms with Gasteiger partial charge >= 0.3 is 11.7 Å². The largest absolute Gasteiger partial charge is 0.481 e. The van der Waals surface area contributed by atoms with Crippen molar-refractivity contribution in [2.24, 2.45) is 5.92 Å². The summed E-state index contributed by atoms with van der Waals surface area (Å²) < 4.78 is 0. The molecule has 0 bridgehead atoms. The predicted octanol–water partition coefficient (Wildman–Crippen LogP) is 0.193. The number of carbonyl (C=O) groups excluding carboxylic acids is 1. The van der Waals surface area contributed by atoms with Gasteiger partial charge in [0.25, 0.3) is 0 Å². The fraction of sp³-hybridized carbons (Fsp3) is 0.250. The number of benzene rings is 1. The van der Waals surface area contributed by atoms with E-state index >= 15 is 0 Å². The normalized spacial score (nSPS) is 12.3. The second-order valence-corrected chi connectivity index (χ2v) is 4.24. The third-order valence-corrected chi connectivity index (χ3v) is 2.81. The molecule has 1 atom stereocenters. The Balaban J connectivity index is 2.07. The first-order valence-electron chi connectivity index (χ1n) is 5.69. The van der Waals surface area contributed by atoms with Gasteiger partial charge in [-0.2, -0.15) is 0 Å². The zero-order valence-corrected chi connectivity index (χ0v) is 10.2. The number of H-pyrrole nitrogens is 2. The Hall–Kier alpha value is -2.57. The number of fused-ring (bicyclic) bond motifs is 1. The van der Waals surface area contributed by atoms with Crippen LogP contribution in [0.2, 0.25) is 0 Å². The molecule has 1 heterocycles. The minimum Gasteiger partial charge on any atom is -0.481 e. The van der Waals surface area contributed by atoms with Gasteiger partial charge in [-0.15, -0.1) is 0 Å². The monoisotopic (exact) mass is 263 g/mol. The van der Waals surface area contributed by atoms with Gasteiger partial charge in [0.15, 0.2) is 0 Å². The SMILES string of the molecule is CC(C(=O)O)C(=O)NCc1ccc2[nH]c(=O)[nH]c2c1. The fourth-order valence-electron chi connectivity index (χ4n) is 1.64. The fourth-order valence-corrected chi connectivity index (χ4v) is 1.64. The van der Waals surface area contributed by atoms with E-state index in [1.165, 1.54) is 6.92 Å². The van der Waals surface area contributed by atoms with E-state index in [2.05, 4.69) is 15.3 Å². The Morgan fingerprint density at radius 3 is 2.68 bits per heavy atom. The molecule has 0 fully saturated rings. The number of amides is 1. The van der Waals surface area contributed by atoms with Crippen LogP contribution >= 0.6 is 0 Å². The molecule has 7 nitrogen and oxygen atoms in total. The topological polar surface area (TPSA) is 115 Å². The van der Waals surface area contributed by atoms with Crippen molar-refractivity contribution in [3.05, 3.63) is 34.2 Å². The zero-order valence-electron chi connectivity index (χ0n) is 10.2. The number of nitrogens with one attached hydrogen (secondary N) is 3. The van der Waals surface area contributed by atoms with Crippen LogP contribution in [0, 0.1) is 5.92 Å². The Bertz CT molecular complexity index is 686. The molecule has 1 aromatic carbocycles. The van der Waals surface area contributed by atoms with Crippen molar-refractivity contribution in [2.75, 3.05) is 0 Å². The van der Waals surface area contributed by atoms with Crippen molar-refractivity contribution >= 4 is 22.9 Å². The molecular formula is C12H13N3O4. The van der Waals surface area contributed by atoms with Gasteiger partial charge in [-0.1, -0.05) is 6.07 Å². The highest BCUT2D eigenvalue weighted by Gasteiger charge is 2.19. The number of carbonyl (C=O) groups is 2. The molecule has 0 radical (unpaired) electrons. The first-order valence-corrected chi connectivity index (χ1v) is 5.69. The maximum absolute atomic E-state index is 11.5. The molecule has 0 aliphatic rings. The van der Waals surface area contributed by atoms with E-state index < -0.39 is 17.8 Å². The van der Waals surface area contributed by atoms with Crippen LogP contribution in [0.4, 0.5) is 0 Å². The maximum Gasteiger partial charge on any atom is 0.323 e. The molecule has 0 saturated heterocycles. The molecule has 0 aliphatic heterocycles. The minimum absolute atomic E-state index is 0.208. The summed E-state index contributed by atoms with van der Waals surface area (Å²) in [6.07, 6.45) is 0. The quantitative estimate of drug-likeness (QED) is 0.589. The molecule has 7 heteroatoms. The first kappa shape index (κ1) is 12.9. The zero-order chi connectivity index (χ0) is 14.0. The van der Waals surface area contributed by atoms with Crippen LogP contribution in [-0.4, -0.2) is 27.0 Å². The molecule has 100 valence electrons. The van der Waals surface area contributed by atoms with Crippen LogP contribution < -0.4 is 11.0 Å². The highest BCUT2D eigenvalue weighted by Crippen LogP contribution is 2.10. The van der Waals surface area contributed by atoms with Crippen molar-refractivity contribution in [1.29, 1.82) is 0 Å². The summed E-state index contributed by atoms with van der Waals surface area (Å²) in [5, 5.41) is 11.2. The summed E-state index contributed by atoms with van der Waals surface area (Å²) in [6, 6.07) is 5.19. The van der Waals surface area contributed by atoms with Crippen molar-refractivity contribution in [1.82, 2.24) is 15.3 Å². The van der Waals surface area contributed by atoms with E-state index in [4.69, 9.17) is 5.11 Å². The summed E-state index contributed by atoms with van der Waals surface area (Å²) in [6.45, 7) is 1.53. The summed E-state index contributed by atoms with van der Waals surface area (Å²) in [7, 11) is 0. The van der Waals surface area contributed by atoms with Gasteiger partial charge in [-0.25, -0.2) is 4.79 Å². The molecule has 0 saturated carbocycles. The van der Waals surface area contributed by atoms with E-state index in [-0.39, 0.29) is 12.2 Å². The standard InChI is InChI=1S/C12H13N3O4/c1-6(11(17)18)10(16)13-5-7-2-3-8-9(4-7)15-12(19)14-8/h2-4,6H,5H2,1H3,(H,13,16)(H,17,18)(H2,14,15,19). The van der Waals surface area contributed by atoms with Gasteiger partial charge < -0.3 is 20.4 Å². The maximum atomic E-state index is 11.5. The lowest BCUT2D eigenvalue weighted by Crippen LogP contribution is -2.33. The summed E-state index contributed by atoms with van der Waals surface area (Å²) in [4.78, 5) is 38.4. The number of rotatable bonds is 4. The molecule has 1 amide bonds. The van der Waals surface area contributed by atoms with Gasteiger partial charge in [-0.3, -0.25) is 9.59 Å². The Morgan fingerprint density at radius 2 is 2.00 bits per heavy atom. The van der Waals surface area contributed by atoms with Crippen LogP contribution in [0.1, 0.15) is 12.5 Å². The molecule has 1 unspecified atom stereocenters. The number of imidazole rings is 1. The lowest BCUT2D eigenvalue weighted by Gasteiger charge is -2.08. The van der Waals surface area contributed by atoms with E-state index in [1.54, 1.807) is 18.2 Å². The van der Waals surface area contributed by atoms with Crippen LogP contribution in [-0.2, 0) is 16.1 Å². The number of hydrogen-bond acceptors (Lipinski definition) is 3. The molecule has 1 aromatic heterocycles. The molecule has 2 aromatic rings. The molecule has 4 N–H and O–H groups in total. The molecular weight excluding hydrogens is 250 g/mol. The van der Waals surface area contributed by atoms with Crippen LogP contribution in [0.25, 0.3) is 11.0 Å². The average molecular weight is 263 g/mol. The lowest BCUT2D eigenvalue weighted by molar-refractivity contribution is -0.146. The van der Waals surface area contributed by atoms with Gasteiger partial charge in [0.1, 0.15) is 5.92 Å². The number of carboxylic acid groups (broad SMARTS) is 1. The second-order valence-electron chi connectivity index (χ2n) is 4.24. The number of hydrogen-bond donors (Lipinski definition) is 4. The molecule has 2 rings (SSSR count). The van der Waals surface area contributed by atoms with Crippen LogP contribution in [0.3, 0.4) is 0 Å². The van der Waals surface area contributed by atoms with Crippen molar-refractivity contribution < 1.29 is 14.7 Å². The number of aromatic nitrogens is 2. The van der Waals surface area contributed by atoms with E-state index in [9.17, 15) is 14.4 Å². The molecule has 0 spiro atoms. The third kappa shape index (κ3) is 2.82. The van der Waals surface area contributed by atoms with E-state index in [0.717, 1.165) is 5.56 Å². The van der Waals surface area contributed by atoms with Crippen LogP contribution in [0.5, 0.6) is 0 Å². The minimum atomic E-state index is -1.16.